The lowest BCUT2D eigenvalue weighted by molar-refractivity contribution is 0.0908. The van der Waals surface area contributed by atoms with Gasteiger partial charge in [0.25, 0.3) is 0 Å². The van der Waals surface area contributed by atoms with Gasteiger partial charge >= 0.3 is 0 Å². The smallest absolute Gasteiger partial charge is 0.159 e. The highest BCUT2D eigenvalue weighted by Gasteiger charge is 2.27. The summed E-state index contributed by atoms with van der Waals surface area (Å²) in [5.74, 6) is -0.289. The number of aromatic nitrogens is 2. The van der Waals surface area contributed by atoms with E-state index < -0.39 is 11.6 Å². The van der Waals surface area contributed by atoms with Crippen molar-refractivity contribution in [1.29, 1.82) is 0 Å². The molecule has 3 aromatic rings. The van der Waals surface area contributed by atoms with E-state index in [-0.39, 0.29) is 0 Å². The maximum atomic E-state index is 13.3. The van der Waals surface area contributed by atoms with E-state index in [1.54, 1.807) is 13.2 Å². The highest BCUT2D eigenvalue weighted by Crippen LogP contribution is 2.24. The Labute approximate surface area is 144 Å². The molecule has 0 N–H and O–H groups in total. The maximum Gasteiger partial charge on any atom is 0.159 e. The summed E-state index contributed by atoms with van der Waals surface area (Å²) in [5.41, 5.74) is 2.85. The van der Waals surface area contributed by atoms with Crippen LogP contribution in [-0.2, 0) is 13.0 Å². The molecule has 2 aromatic heterocycles. The molecule has 0 saturated carbocycles. The number of ether oxygens (including phenoxy) is 1. The Morgan fingerprint density at radius 3 is 2.76 bits per heavy atom. The number of likely N-dealkylation sites (tertiary alicyclic amines) is 1. The Morgan fingerprint density at radius 1 is 1.16 bits per heavy atom. The third-order valence-corrected chi connectivity index (χ3v) is 4.72. The Kier molecular flexibility index (Phi) is 4.13. The highest BCUT2D eigenvalue weighted by molar-refractivity contribution is 5.45. The summed E-state index contributed by atoms with van der Waals surface area (Å²) in [6.45, 7) is 2.71. The number of nitrogens with zero attached hydrogens (tertiary/aromatic N) is 3. The summed E-state index contributed by atoms with van der Waals surface area (Å²) in [6.07, 6.45) is 4.63. The van der Waals surface area contributed by atoms with Crippen LogP contribution in [0.15, 0.2) is 42.7 Å². The molecule has 0 aliphatic carbocycles. The monoisotopic (exact) mass is 343 g/mol. The van der Waals surface area contributed by atoms with E-state index in [0.29, 0.717) is 5.92 Å². The number of fused-ring (bicyclic) bond motifs is 1. The van der Waals surface area contributed by atoms with Crippen molar-refractivity contribution in [1.82, 2.24) is 14.3 Å². The first-order valence-electron chi connectivity index (χ1n) is 8.28. The molecular formula is C19H19F2N3O. The zero-order chi connectivity index (χ0) is 17.4. The molecule has 1 aliphatic rings. The van der Waals surface area contributed by atoms with Gasteiger partial charge in [0.05, 0.1) is 19.0 Å². The molecule has 25 heavy (non-hydrogen) atoms. The summed E-state index contributed by atoms with van der Waals surface area (Å²) in [6, 6.07) is 7.99. The Hall–Kier alpha value is -2.47. The normalized spacial score (nSPS) is 15.5. The van der Waals surface area contributed by atoms with Crippen molar-refractivity contribution in [2.24, 2.45) is 5.92 Å². The molecule has 6 heteroatoms. The van der Waals surface area contributed by atoms with Crippen molar-refractivity contribution >= 4 is 5.65 Å². The second-order valence-electron chi connectivity index (χ2n) is 6.56. The quantitative estimate of drug-likeness (QED) is 0.712. The topological polar surface area (TPSA) is 29.8 Å². The van der Waals surface area contributed by atoms with Crippen LogP contribution in [0.1, 0.15) is 11.3 Å². The average molecular weight is 343 g/mol. The van der Waals surface area contributed by atoms with E-state index in [1.165, 1.54) is 12.1 Å². The van der Waals surface area contributed by atoms with Crippen molar-refractivity contribution in [3.8, 4) is 5.75 Å². The molecule has 0 bridgehead atoms. The van der Waals surface area contributed by atoms with Crippen LogP contribution in [-0.4, -0.2) is 34.5 Å². The van der Waals surface area contributed by atoms with Crippen molar-refractivity contribution in [3.63, 3.8) is 0 Å². The molecule has 0 radical (unpaired) electrons. The second kappa shape index (κ2) is 6.44. The van der Waals surface area contributed by atoms with Gasteiger partial charge in [0.1, 0.15) is 11.4 Å². The SMILES string of the molecule is COc1ccn2c(CN3CC(Cc4ccc(F)c(F)c4)C3)cnc2c1. The van der Waals surface area contributed by atoms with Crippen LogP contribution in [0.5, 0.6) is 5.75 Å². The number of imidazole rings is 1. The first kappa shape index (κ1) is 16.0. The van der Waals surface area contributed by atoms with Crippen LogP contribution in [0, 0.1) is 17.6 Å². The summed E-state index contributed by atoms with van der Waals surface area (Å²) in [5, 5.41) is 0. The Balaban J connectivity index is 1.36. The molecule has 0 unspecified atom stereocenters. The van der Waals surface area contributed by atoms with Gasteiger partial charge in [0.15, 0.2) is 11.6 Å². The largest absolute Gasteiger partial charge is 0.497 e. The Morgan fingerprint density at radius 2 is 2.00 bits per heavy atom. The van der Waals surface area contributed by atoms with Gasteiger partial charge in [-0.05, 0) is 36.1 Å². The van der Waals surface area contributed by atoms with Gasteiger partial charge in [-0.1, -0.05) is 6.07 Å². The maximum absolute atomic E-state index is 13.3. The number of methoxy groups -OCH3 is 1. The fraction of sp³-hybridized carbons (Fsp3) is 0.316. The molecule has 0 spiro atoms. The summed E-state index contributed by atoms with van der Waals surface area (Å²) in [4.78, 5) is 6.75. The minimum absolute atomic E-state index is 0.476. The predicted octanol–water partition coefficient (Wildman–Crippen LogP) is 3.30. The lowest BCUT2D eigenvalue weighted by Gasteiger charge is -2.39. The highest BCUT2D eigenvalue weighted by atomic mass is 19.2. The summed E-state index contributed by atoms with van der Waals surface area (Å²) >= 11 is 0. The van der Waals surface area contributed by atoms with E-state index in [2.05, 4.69) is 14.3 Å². The zero-order valence-electron chi connectivity index (χ0n) is 14.0. The molecule has 1 aromatic carbocycles. The molecule has 130 valence electrons. The van der Waals surface area contributed by atoms with Crippen molar-refractivity contribution in [3.05, 3.63) is 65.6 Å². The molecule has 4 rings (SSSR count). The number of rotatable bonds is 5. The minimum atomic E-state index is -0.789. The molecule has 1 saturated heterocycles. The van der Waals surface area contributed by atoms with Crippen LogP contribution < -0.4 is 4.74 Å². The van der Waals surface area contributed by atoms with Gasteiger partial charge < -0.3 is 9.14 Å². The van der Waals surface area contributed by atoms with Crippen molar-refractivity contribution < 1.29 is 13.5 Å². The zero-order valence-corrected chi connectivity index (χ0v) is 14.0. The molecule has 1 aliphatic heterocycles. The van der Waals surface area contributed by atoms with Gasteiger partial charge in [-0.15, -0.1) is 0 Å². The number of benzene rings is 1. The fourth-order valence-corrected chi connectivity index (χ4v) is 3.42. The van der Waals surface area contributed by atoms with Crippen LogP contribution in [0.4, 0.5) is 8.78 Å². The van der Waals surface area contributed by atoms with E-state index in [9.17, 15) is 8.78 Å². The lowest BCUT2D eigenvalue weighted by Crippen LogP contribution is -2.47. The van der Waals surface area contributed by atoms with Gasteiger partial charge in [0, 0.05) is 31.9 Å². The van der Waals surface area contributed by atoms with Gasteiger partial charge in [0.2, 0.25) is 0 Å². The van der Waals surface area contributed by atoms with Crippen LogP contribution >= 0.6 is 0 Å². The van der Waals surface area contributed by atoms with Crippen molar-refractivity contribution in [2.75, 3.05) is 20.2 Å². The molecule has 1 fully saturated rings. The third-order valence-electron chi connectivity index (χ3n) is 4.72. The van der Waals surface area contributed by atoms with Crippen LogP contribution in [0.25, 0.3) is 5.65 Å². The molecule has 0 amide bonds. The third kappa shape index (κ3) is 3.22. The lowest BCUT2D eigenvalue weighted by atomic mass is 9.92. The average Bonchev–Trinajstić information content (AvgIpc) is 2.98. The minimum Gasteiger partial charge on any atom is -0.497 e. The first-order chi connectivity index (χ1) is 12.1. The summed E-state index contributed by atoms with van der Waals surface area (Å²) < 4.78 is 33.5. The van der Waals surface area contributed by atoms with E-state index in [1.807, 2.05) is 24.5 Å². The van der Waals surface area contributed by atoms with Gasteiger partial charge in [-0.2, -0.15) is 0 Å². The number of hydrogen-bond donors (Lipinski definition) is 0. The van der Waals surface area contributed by atoms with E-state index >= 15 is 0 Å². The van der Waals surface area contributed by atoms with E-state index in [4.69, 9.17) is 4.74 Å². The molecule has 4 nitrogen and oxygen atoms in total. The van der Waals surface area contributed by atoms with Gasteiger partial charge in [-0.25, -0.2) is 13.8 Å². The van der Waals surface area contributed by atoms with Crippen molar-refractivity contribution in [2.45, 2.75) is 13.0 Å². The van der Waals surface area contributed by atoms with Gasteiger partial charge in [-0.3, -0.25) is 4.90 Å². The molecule has 3 heterocycles. The van der Waals surface area contributed by atoms with E-state index in [0.717, 1.165) is 48.7 Å². The molecule has 0 atom stereocenters. The number of halogens is 2. The predicted molar refractivity (Wildman–Crippen MR) is 90.6 cm³/mol. The second-order valence-corrected chi connectivity index (χ2v) is 6.56. The Bertz CT molecular complexity index is 903. The van der Waals surface area contributed by atoms with Crippen LogP contribution in [0.3, 0.4) is 0 Å². The number of pyridine rings is 1. The van der Waals surface area contributed by atoms with Crippen LogP contribution in [0.2, 0.25) is 0 Å². The standard InChI is InChI=1S/C19H19F2N3O/c1-25-16-4-5-24-15(9-22-19(24)8-16)12-23-10-14(11-23)6-13-2-3-17(20)18(21)7-13/h2-5,7-9,14H,6,10-12H2,1H3. The molecular weight excluding hydrogens is 324 g/mol. The first-order valence-corrected chi connectivity index (χ1v) is 8.28. The number of hydrogen-bond acceptors (Lipinski definition) is 3. The fourth-order valence-electron chi connectivity index (χ4n) is 3.42. The summed E-state index contributed by atoms with van der Waals surface area (Å²) in [7, 11) is 1.64.